The first-order valence-electron chi connectivity index (χ1n) is 10.6. The van der Waals surface area contributed by atoms with Crippen LogP contribution in [0.1, 0.15) is 43.1 Å². The summed E-state index contributed by atoms with van der Waals surface area (Å²) >= 11 is 1.22. The molecule has 1 amide bonds. The number of piperazine rings is 1. The van der Waals surface area contributed by atoms with Crippen LogP contribution in [0.3, 0.4) is 0 Å². The van der Waals surface area contributed by atoms with Gasteiger partial charge in [-0.1, -0.05) is 0 Å². The lowest BCUT2D eigenvalue weighted by Gasteiger charge is -2.55. The van der Waals surface area contributed by atoms with Gasteiger partial charge in [-0.15, -0.1) is 11.3 Å². The zero-order valence-electron chi connectivity index (χ0n) is 18.5. The van der Waals surface area contributed by atoms with Gasteiger partial charge in [0.2, 0.25) is 0 Å². The number of piperidine rings is 1. The number of hydrogen-bond donors (Lipinski definition) is 0. The molecule has 8 nitrogen and oxygen atoms in total. The average Bonchev–Trinajstić information content (AvgIpc) is 3.40. The van der Waals surface area contributed by atoms with E-state index < -0.39 is 34.5 Å². The number of fused-ring (bicyclic) bond motifs is 3. The van der Waals surface area contributed by atoms with Crippen LogP contribution in [0.15, 0.2) is 22.1 Å². The molecule has 2 atom stereocenters. The van der Waals surface area contributed by atoms with E-state index in [1.54, 1.807) is 36.0 Å². The number of carbonyl (C=O) groups excluding carboxylic acids is 2. The number of aromatic nitrogens is 2. The van der Waals surface area contributed by atoms with Crippen molar-refractivity contribution < 1.29 is 31.9 Å². The van der Waals surface area contributed by atoms with Gasteiger partial charge >= 0.3 is 12.3 Å². The highest BCUT2D eigenvalue weighted by atomic mass is 32.1. The second kappa shape index (κ2) is 7.69. The number of halogens is 3. The maximum Gasteiger partial charge on any atom is 0.419 e. The van der Waals surface area contributed by atoms with Crippen molar-refractivity contribution in [2.45, 2.75) is 51.1 Å². The van der Waals surface area contributed by atoms with E-state index in [0.29, 0.717) is 18.1 Å². The number of anilines is 1. The summed E-state index contributed by atoms with van der Waals surface area (Å²) in [6.07, 6.45) is -2.76. The predicted molar refractivity (Wildman–Crippen MR) is 118 cm³/mol. The zero-order valence-corrected chi connectivity index (χ0v) is 19.4. The summed E-state index contributed by atoms with van der Waals surface area (Å²) in [4.78, 5) is 35.8. The van der Waals surface area contributed by atoms with Gasteiger partial charge in [-0.2, -0.15) is 18.2 Å². The third kappa shape index (κ3) is 3.79. The Morgan fingerprint density at radius 3 is 2.53 bits per heavy atom. The number of rotatable bonds is 3. The second-order valence-corrected chi connectivity index (χ2v) is 10.2. The van der Waals surface area contributed by atoms with Crippen molar-refractivity contribution in [1.29, 1.82) is 0 Å². The molecule has 2 bridgehead atoms. The number of thiazole rings is 1. The number of ether oxygens (including phenoxy) is 1. The Kier molecular flexibility index (Phi) is 5.12. The van der Waals surface area contributed by atoms with Gasteiger partial charge in [-0.3, -0.25) is 9.69 Å². The van der Waals surface area contributed by atoms with Crippen molar-refractivity contribution in [3.8, 4) is 10.6 Å². The molecule has 180 valence electrons. The molecule has 0 spiro atoms. The Bertz CT molecular complexity index is 1250. The lowest BCUT2D eigenvalue weighted by Crippen LogP contribution is -2.70. The summed E-state index contributed by atoms with van der Waals surface area (Å²) in [5.74, 6) is 0. The Hall–Kier alpha value is -3.15. The smallest absolute Gasteiger partial charge is 0.419 e. The lowest BCUT2D eigenvalue weighted by molar-refractivity contribution is -0.136. The fraction of sp³-hybridized carbons (Fsp3) is 0.455. The number of aldehydes is 1. The zero-order chi connectivity index (χ0) is 24.4. The minimum Gasteiger partial charge on any atom is -0.444 e. The second-order valence-electron chi connectivity index (χ2n) is 9.35. The van der Waals surface area contributed by atoms with Crippen LogP contribution in [0.4, 0.5) is 24.0 Å². The summed E-state index contributed by atoms with van der Waals surface area (Å²) < 4.78 is 53.1. The standard InChI is InChI=1S/C22H21F3N4O4S/c1-21(2,3)33-20(31)29-12-7-13(29)9-28(8-12)19-27-16-15(22(23,24)25)11(10-30)6-14(17(16)32-19)18-26-4-5-34-18/h4-6,10,12-13H,7-9H2,1-3H3. The number of benzene rings is 1. The quantitative estimate of drug-likeness (QED) is 0.475. The number of hydrogen-bond acceptors (Lipinski definition) is 8. The Morgan fingerprint density at radius 1 is 1.26 bits per heavy atom. The highest BCUT2D eigenvalue weighted by Crippen LogP contribution is 2.44. The Balaban J connectivity index is 1.52. The van der Waals surface area contributed by atoms with Crippen molar-refractivity contribution in [1.82, 2.24) is 14.9 Å². The Labute approximate surface area is 196 Å². The topological polar surface area (TPSA) is 88.8 Å². The minimum atomic E-state index is -4.80. The predicted octanol–water partition coefficient (Wildman–Crippen LogP) is 4.98. The van der Waals surface area contributed by atoms with E-state index in [1.807, 2.05) is 0 Å². The van der Waals surface area contributed by atoms with E-state index in [1.165, 1.54) is 17.5 Å². The van der Waals surface area contributed by atoms with E-state index in [9.17, 15) is 22.8 Å². The fourth-order valence-corrected chi connectivity index (χ4v) is 5.16. The van der Waals surface area contributed by atoms with Crippen molar-refractivity contribution >= 4 is 40.8 Å². The SMILES string of the molecule is CC(C)(C)OC(=O)N1C2CC1CN(c1nc3c(C(F)(F)F)c(C=O)cc(-c4nccs4)c3o1)C2. The van der Waals surface area contributed by atoms with Crippen LogP contribution in [-0.2, 0) is 10.9 Å². The van der Waals surface area contributed by atoms with Crippen molar-refractivity contribution in [3.05, 3.63) is 28.8 Å². The Morgan fingerprint density at radius 2 is 1.97 bits per heavy atom. The highest BCUT2D eigenvalue weighted by Gasteiger charge is 2.50. The molecule has 2 unspecified atom stereocenters. The molecule has 1 aromatic carbocycles. The first-order chi connectivity index (χ1) is 16.0. The van der Waals surface area contributed by atoms with Crippen LogP contribution < -0.4 is 4.90 Å². The number of oxazole rings is 1. The largest absolute Gasteiger partial charge is 0.444 e. The summed E-state index contributed by atoms with van der Waals surface area (Å²) in [5, 5.41) is 2.10. The maximum atomic E-state index is 13.9. The van der Waals surface area contributed by atoms with E-state index in [-0.39, 0.29) is 35.5 Å². The van der Waals surface area contributed by atoms with Gasteiger partial charge in [0.15, 0.2) is 11.9 Å². The minimum absolute atomic E-state index is 0.0138. The number of alkyl halides is 3. The number of nitrogens with zero attached hydrogens (tertiary/aromatic N) is 4. The molecule has 3 aromatic rings. The highest BCUT2D eigenvalue weighted by molar-refractivity contribution is 7.13. The van der Waals surface area contributed by atoms with Crippen molar-refractivity contribution in [2.24, 2.45) is 0 Å². The molecule has 34 heavy (non-hydrogen) atoms. The normalized spacial score (nSPS) is 20.4. The number of amides is 1. The van der Waals surface area contributed by atoms with E-state index in [4.69, 9.17) is 9.15 Å². The van der Waals surface area contributed by atoms with Gasteiger partial charge in [0, 0.05) is 30.2 Å². The third-order valence-electron chi connectivity index (χ3n) is 5.83. The molecular formula is C22H21F3N4O4S. The molecule has 3 aliphatic heterocycles. The van der Waals surface area contributed by atoms with E-state index >= 15 is 0 Å². The molecule has 0 N–H and O–H groups in total. The molecule has 0 saturated carbocycles. The van der Waals surface area contributed by atoms with Crippen LogP contribution in [0, 0.1) is 0 Å². The van der Waals surface area contributed by atoms with Crippen molar-refractivity contribution in [3.63, 3.8) is 0 Å². The molecule has 3 fully saturated rings. The molecular weight excluding hydrogens is 473 g/mol. The van der Waals surface area contributed by atoms with Crippen molar-refractivity contribution in [2.75, 3.05) is 18.0 Å². The maximum absolute atomic E-state index is 13.9. The molecule has 5 heterocycles. The molecule has 0 radical (unpaired) electrons. The van der Waals surface area contributed by atoms with Crippen LogP contribution in [0.2, 0.25) is 0 Å². The molecule has 2 aromatic heterocycles. The molecule has 3 saturated heterocycles. The van der Waals surface area contributed by atoms with Gasteiger partial charge in [-0.05, 0) is 33.3 Å². The van der Waals surface area contributed by atoms with Gasteiger partial charge in [-0.25, -0.2) is 9.78 Å². The lowest BCUT2D eigenvalue weighted by atomic mass is 9.88. The van der Waals surface area contributed by atoms with E-state index in [0.717, 1.165) is 12.5 Å². The van der Waals surface area contributed by atoms with Gasteiger partial charge in [0.05, 0.1) is 23.2 Å². The fourth-order valence-electron chi connectivity index (χ4n) is 4.51. The van der Waals surface area contributed by atoms with Crippen LogP contribution in [0.5, 0.6) is 0 Å². The average molecular weight is 494 g/mol. The van der Waals surface area contributed by atoms with Gasteiger partial charge in [0.1, 0.15) is 16.1 Å². The summed E-state index contributed by atoms with van der Waals surface area (Å²) in [7, 11) is 0. The molecule has 3 aliphatic rings. The third-order valence-corrected chi connectivity index (χ3v) is 6.63. The summed E-state index contributed by atoms with van der Waals surface area (Å²) in [6.45, 7) is 6.05. The molecule has 6 rings (SSSR count). The number of carbonyl (C=O) groups is 2. The molecule has 12 heteroatoms. The van der Waals surface area contributed by atoms with Gasteiger partial charge < -0.3 is 14.1 Å². The summed E-state index contributed by atoms with van der Waals surface area (Å²) in [6, 6.07) is 0.841. The van der Waals surface area contributed by atoms with Crippen LogP contribution >= 0.6 is 11.3 Å². The first kappa shape index (κ1) is 22.6. The van der Waals surface area contributed by atoms with E-state index in [2.05, 4.69) is 9.97 Å². The van der Waals surface area contributed by atoms with Crippen LogP contribution in [-0.4, -0.2) is 58.0 Å². The summed E-state index contributed by atoms with van der Waals surface area (Å²) in [5.41, 5.74) is -2.52. The van der Waals surface area contributed by atoms with Gasteiger partial charge in [0.25, 0.3) is 6.01 Å². The molecule has 0 aliphatic carbocycles. The first-order valence-corrected chi connectivity index (χ1v) is 11.5. The monoisotopic (exact) mass is 494 g/mol. The van der Waals surface area contributed by atoms with Crippen LogP contribution in [0.25, 0.3) is 21.7 Å².